The molecule has 0 radical (unpaired) electrons. The summed E-state index contributed by atoms with van der Waals surface area (Å²) in [6, 6.07) is 10.1. The Morgan fingerprint density at radius 3 is 2.65 bits per heavy atom. The summed E-state index contributed by atoms with van der Waals surface area (Å²) in [7, 11) is 0. The van der Waals surface area contributed by atoms with Crippen molar-refractivity contribution >= 4 is 34.3 Å². The number of alkyl halides is 1. The molecule has 2 fully saturated rings. The number of ketones is 1. The molecule has 3 atom stereocenters. The summed E-state index contributed by atoms with van der Waals surface area (Å²) in [6.07, 6.45) is 2.32. The summed E-state index contributed by atoms with van der Waals surface area (Å²) in [5.41, 5.74) is -0.264. The lowest BCUT2D eigenvalue weighted by Gasteiger charge is -2.38. The molecule has 0 unspecified atom stereocenters. The first-order chi connectivity index (χ1) is 9.55. The number of esters is 1. The zero-order chi connectivity index (χ0) is 14.4. The molecule has 4 heteroatoms. The number of ether oxygens (including phenoxy) is 1. The number of fused-ring (bicyclic) bond motifs is 2. The van der Waals surface area contributed by atoms with Crippen LogP contribution in [0.5, 0.6) is 0 Å². The van der Waals surface area contributed by atoms with E-state index in [9.17, 15) is 9.59 Å². The highest BCUT2D eigenvalue weighted by Gasteiger charge is 2.68. The Kier molecular flexibility index (Phi) is 3.39. The normalized spacial score (nSPS) is 36.0. The van der Waals surface area contributed by atoms with Crippen LogP contribution < -0.4 is 0 Å². The van der Waals surface area contributed by atoms with Gasteiger partial charge in [0.1, 0.15) is 11.0 Å². The zero-order valence-electron chi connectivity index (χ0n) is 11.4. The fourth-order valence-electron chi connectivity index (χ4n) is 3.54. The highest BCUT2D eigenvalue weighted by atomic mass is 127. The lowest BCUT2D eigenvalue weighted by atomic mass is 9.66. The lowest BCUT2D eigenvalue weighted by molar-refractivity contribution is -0.154. The van der Waals surface area contributed by atoms with Crippen molar-refractivity contribution in [2.75, 3.05) is 0 Å². The molecule has 1 aliphatic heterocycles. The molecule has 1 aliphatic carbocycles. The average molecular weight is 384 g/mol. The minimum atomic E-state index is -0.909. The van der Waals surface area contributed by atoms with Gasteiger partial charge in [-0.15, -0.1) is 0 Å². The van der Waals surface area contributed by atoms with Gasteiger partial charge in [0.25, 0.3) is 0 Å². The van der Waals surface area contributed by atoms with E-state index in [1.807, 2.05) is 37.3 Å². The summed E-state index contributed by atoms with van der Waals surface area (Å²) in [4.78, 5) is 24.7. The first kappa shape index (κ1) is 14.0. The molecule has 0 aromatic heterocycles. The monoisotopic (exact) mass is 384 g/mol. The number of benzene rings is 1. The maximum Gasteiger partial charge on any atom is 0.321 e. The van der Waals surface area contributed by atoms with Gasteiger partial charge in [0, 0.05) is 12.8 Å². The molecule has 0 amide bonds. The van der Waals surface area contributed by atoms with E-state index in [0.29, 0.717) is 25.7 Å². The van der Waals surface area contributed by atoms with Gasteiger partial charge in [0.2, 0.25) is 0 Å². The van der Waals surface area contributed by atoms with Crippen LogP contribution in [-0.2, 0) is 20.7 Å². The molecule has 1 heterocycles. The molecule has 20 heavy (non-hydrogen) atoms. The van der Waals surface area contributed by atoms with Crippen LogP contribution >= 0.6 is 22.6 Å². The molecule has 106 valence electrons. The van der Waals surface area contributed by atoms with E-state index in [2.05, 4.69) is 22.6 Å². The summed E-state index contributed by atoms with van der Waals surface area (Å²) in [5.74, 6) is -0.247. The van der Waals surface area contributed by atoms with E-state index < -0.39 is 11.0 Å². The molecule has 1 aromatic rings. The predicted molar refractivity (Wildman–Crippen MR) is 83.7 cm³/mol. The Labute approximate surface area is 132 Å². The Morgan fingerprint density at radius 2 is 2.00 bits per heavy atom. The fraction of sp³-hybridized carbons (Fsp3) is 0.500. The summed E-state index contributed by atoms with van der Waals surface area (Å²) in [5, 5.41) is 0. The number of hydrogen-bond donors (Lipinski definition) is 0. The Balaban J connectivity index is 1.99. The highest BCUT2D eigenvalue weighted by Crippen LogP contribution is 2.55. The first-order valence-corrected chi connectivity index (χ1v) is 8.24. The Bertz CT molecular complexity index is 556. The smallest absolute Gasteiger partial charge is 0.321 e. The quantitative estimate of drug-likeness (QED) is 0.348. The standard InChI is InChI=1S/C16H17IO3/c1-2-16-12(18)8-9-15(13(16)17,20-14(16)19)10-11-6-4-3-5-7-11/h3-7,13H,2,8-10H2,1H3/t13-,15-,16+/m0/s1. The second kappa shape index (κ2) is 4.83. The third-order valence-electron chi connectivity index (χ3n) is 4.73. The van der Waals surface area contributed by atoms with Crippen LogP contribution in [0.15, 0.2) is 30.3 Å². The molecule has 2 bridgehead atoms. The number of halogens is 1. The highest BCUT2D eigenvalue weighted by molar-refractivity contribution is 14.1. The van der Waals surface area contributed by atoms with Crippen molar-refractivity contribution in [1.82, 2.24) is 0 Å². The van der Waals surface area contributed by atoms with Crippen molar-refractivity contribution < 1.29 is 14.3 Å². The third kappa shape index (κ3) is 1.76. The van der Waals surface area contributed by atoms with Crippen molar-refractivity contribution in [3.05, 3.63) is 35.9 Å². The van der Waals surface area contributed by atoms with E-state index in [0.717, 1.165) is 5.56 Å². The van der Waals surface area contributed by atoms with E-state index in [1.54, 1.807) is 0 Å². The molecule has 0 N–H and O–H groups in total. The number of rotatable bonds is 3. The number of hydrogen-bond acceptors (Lipinski definition) is 3. The van der Waals surface area contributed by atoms with Gasteiger partial charge >= 0.3 is 5.97 Å². The topological polar surface area (TPSA) is 43.4 Å². The van der Waals surface area contributed by atoms with Crippen LogP contribution in [0.25, 0.3) is 0 Å². The molecule has 1 saturated carbocycles. The largest absolute Gasteiger partial charge is 0.457 e. The number of carbonyl (C=O) groups excluding carboxylic acids is 2. The van der Waals surface area contributed by atoms with Crippen molar-refractivity contribution in [3.63, 3.8) is 0 Å². The van der Waals surface area contributed by atoms with Crippen LogP contribution in [0.2, 0.25) is 0 Å². The van der Waals surface area contributed by atoms with E-state index >= 15 is 0 Å². The lowest BCUT2D eigenvalue weighted by Crippen LogP contribution is -2.52. The summed E-state index contributed by atoms with van der Waals surface area (Å²) >= 11 is 2.27. The van der Waals surface area contributed by atoms with Gasteiger partial charge in [-0.2, -0.15) is 0 Å². The molecule has 1 aromatic carbocycles. The zero-order valence-corrected chi connectivity index (χ0v) is 13.6. The van der Waals surface area contributed by atoms with Crippen LogP contribution in [0.1, 0.15) is 31.7 Å². The maximum atomic E-state index is 12.4. The number of Topliss-reactive ketones (excluding diaryl/α,β-unsaturated/α-hetero) is 1. The SMILES string of the molecule is CC[C@]12C(=O)CC[C@@](Cc3ccccc3)(OC1=O)[C@@H]2I. The maximum absolute atomic E-state index is 12.4. The van der Waals surface area contributed by atoms with Gasteiger partial charge < -0.3 is 4.74 Å². The molecule has 2 aliphatic rings. The second-order valence-electron chi connectivity index (χ2n) is 5.73. The summed E-state index contributed by atoms with van der Waals surface area (Å²) in [6.45, 7) is 1.91. The van der Waals surface area contributed by atoms with E-state index in [4.69, 9.17) is 4.74 Å². The molecular weight excluding hydrogens is 367 g/mol. The molecule has 3 rings (SSSR count). The minimum absolute atomic E-state index is 0.0607. The molecular formula is C16H17IO3. The molecule has 1 saturated heterocycles. The van der Waals surface area contributed by atoms with Crippen molar-refractivity contribution in [2.45, 2.75) is 42.1 Å². The van der Waals surface area contributed by atoms with Gasteiger partial charge in [0.15, 0.2) is 5.78 Å². The van der Waals surface area contributed by atoms with Crippen LogP contribution in [0.3, 0.4) is 0 Å². The number of carbonyl (C=O) groups is 2. The van der Waals surface area contributed by atoms with Gasteiger partial charge in [-0.05, 0) is 18.4 Å². The predicted octanol–water partition coefficient (Wildman–Crippen LogP) is 3.09. The van der Waals surface area contributed by atoms with Gasteiger partial charge in [-0.25, -0.2) is 0 Å². The Morgan fingerprint density at radius 1 is 1.30 bits per heavy atom. The van der Waals surface area contributed by atoms with Crippen molar-refractivity contribution in [2.24, 2.45) is 5.41 Å². The minimum Gasteiger partial charge on any atom is -0.457 e. The average Bonchev–Trinajstić information content (AvgIpc) is 2.58. The van der Waals surface area contributed by atoms with Crippen LogP contribution in [0, 0.1) is 5.41 Å². The third-order valence-corrected chi connectivity index (χ3v) is 6.93. The van der Waals surface area contributed by atoms with Crippen LogP contribution in [0.4, 0.5) is 0 Å². The van der Waals surface area contributed by atoms with Gasteiger partial charge in [-0.3, -0.25) is 9.59 Å². The van der Waals surface area contributed by atoms with E-state index in [1.165, 1.54) is 0 Å². The van der Waals surface area contributed by atoms with Crippen molar-refractivity contribution in [1.29, 1.82) is 0 Å². The first-order valence-electron chi connectivity index (χ1n) is 7.00. The molecule has 3 nitrogen and oxygen atoms in total. The Hall–Kier alpha value is -0.910. The van der Waals surface area contributed by atoms with E-state index in [-0.39, 0.29) is 15.7 Å². The van der Waals surface area contributed by atoms with Gasteiger partial charge in [0.05, 0.1) is 3.92 Å². The fourth-order valence-corrected chi connectivity index (χ4v) is 5.24. The summed E-state index contributed by atoms with van der Waals surface area (Å²) < 4.78 is 5.71. The van der Waals surface area contributed by atoms with Crippen molar-refractivity contribution in [3.8, 4) is 0 Å². The van der Waals surface area contributed by atoms with Crippen LogP contribution in [-0.4, -0.2) is 21.3 Å². The van der Waals surface area contributed by atoms with Gasteiger partial charge in [-0.1, -0.05) is 59.8 Å². The second-order valence-corrected chi connectivity index (χ2v) is 6.97. The molecule has 0 spiro atoms.